The lowest BCUT2D eigenvalue weighted by atomic mass is 10.4. The van der Waals surface area contributed by atoms with Gasteiger partial charge in [-0.15, -0.1) is 24.0 Å². The van der Waals surface area contributed by atoms with Gasteiger partial charge in [0, 0.05) is 39.3 Å². The summed E-state index contributed by atoms with van der Waals surface area (Å²) in [5, 5.41) is 3.38. The molecular weight excluding hydrogens is 403 g/mol. The molecule has 0 spiro atoms. The zero-order valence-corrected chi connectivity index (χ0v) is 17.4. The molecule has 2 saturated carbocycles. The van der Waals surface area contributed by atoms with E-state index in [1.807, 2.05) is 0 Å². The zero-order valence-electron chi connectivity index (χ0n) is 15.1. The van der Waals surface area contributed by atoms with E-state index in [4.69, 9.17) is 9.73 Å². The van der Waals surface area contributed by atoms with Gasteiger partial charge in [0.15, 0.2) is 5.96 Å². The second-order valence-electron chi connectivity index (χ2n) is 6.54. The molecule has 0 saturated heterocycles. The lowest BCUT2D eigenvalue weighted by Crippen LogP contribution is -2.41. The first-order chi connectivity index (χ1) is 10.7. The molecule has 0 atom stereocenters. The van der Waals surface area contributed by atoms with Crippen LogP contribution < -0.4 is 5.32 Å². The normalized spacial score (nSPS) is 18.0. The smallest absolute Gasteiger partial charge is 0.193 e. The van der Waals surface area contributed by atoms with Gasteiger partial charge >= 0.3 is 0 Å². The molecule has 6 heteroatoms. The third kappa shape index (κ3) is 8.54. The molecule has 2 aliphatic rings. The predicted octanol–water partition coefficient (Wildman–Crippen LogP) is 2.41. The quantitative estimate of drug-likeness (QED) is 0.233. The van der Waals surface area contributed by atoms with Crippen molar-refractivity contribution in [3.8, 4) is 0 Å². The van der Waals surface area contributed by atoms with Crippen molar-refractivity contribution < 1.29 is 4.74 Å². The Morgan fingerprint density at radius 2 is 1.91 bits per heavy atom. The summed E-state index contributed by atoms with van der Waals surface area (Å²) in [7, 11) is 2.10. The number of nitrogens with one attached hydrogen (secondary N) is 1. The fourth-order valence-corrected chi connectivity index (χ4v) is 2.63. The minimum absolute atomic E-state index is 0. The minimum atomic E-state index is 0. The Labute approximate surface area is 159 Å². The molecule has 0 radical (unpaired) electrons. The van der Waals surface area contributed by atoms with E-state index in [1.165, 1.54) is 25.7 Å². The maximum absolute atomic E-state index is 5.72. The minimum Gasteiger partial charge on any atom is -0.379 e. The molecule has 2 rings (SSSR count). The summed E-state index contributed by atoms with van der Waals surface area (Å²) in [6.45, 7) is 11.0. The van der Waals surface area contributed by atoms with Gasteiger partial charge < -0.3 is 15.0 Å². The fraction of sp³-hybridized carbons (Fsp3) is 0.941. The van der Waals surface area contributed by atoms with Gasteiger partial charge in [-0.3, -0.25) is 9.89 Å². The van der Waals surface area contributed by atoms with Crippen molar-refractivity contribution in [3.63, 3.8) is 0 Å². The first-order valence-corrected chi connectivity index (χ1v) is 9.05. The first kappa shape index (κ1) is 21.0. The van der Waals surface area contributed by atoms with Crippen LogP contribution in [0.25, 0.3) is 0 Å². The van der Waals surface area contributed by atoms with E-state index >= 15 is 0 Å². The van der Waals surface area contributed by atoms with Crippen LogP contribution in [0.3, 0.4) is 0 Å². The van der Waals surface area contributed by atoms with Crippen LogP contribution in [0.4, 0.5) is 0 Å². The summed E-state index contributed by atoms with van der Waals surface area (Å²) in [6, 6.07) is 0.830. The van der Waals surface area contributed by atoms with Crippen LogP contribution in [0.2, 0.25) is 0 Å². The predicted molar refractivity (Wildman–Crippen MR) is 108 cm³/mol. The number of aliphatic imine (C=N–C) groups is 1. The molecule has 2 aliphatic carbocycles. The number of halogens is 1. The summed E-state index contributed by atoms with van der Waals surface area (Å²) in [6.07, 6.45) is 5.45. The molecule has 23 heavy (non-hydrogen) atoms. The van der Waals surface area contributed by atoms with Gasteiger partial charge in [-0.25, -0.2) is 0 Å². The maximum atomic E-state index is 5.72. The third-order valence-electron chi connectivity index (χ3n) is 4.44. The van der Waals surface area contributed by atoms with Gasteiger partial charge in [-0.1, -0.05) is 6.92 Å². The van der Waals surface area contributed by atoms with Crippen molar-refractivity contribution >= 4 is 29.9 Å². The summed E-state index contributed by atoms with van der Waals surface area (Å²) in [5.74, 6) is 1.85. The number of hydrogen-bond acceptors (Lipinski definition) is 3. The van der Waals surface area contributed by atoms with Crippen LogP contribution in [0.15, 0.2) is 4.99 Å². The highest BCUT2D eigenvalue weighted by molar-refractivity contribution is 14.0. The molecule has 0 aromatic rings. The highest BCUT2D eigenvalue weighted by Gasteiger charge is 2.27. The van der Waals surface area contributed by atoms with Crippen LogP contribution in [0.5, 0.6) is 0 Å². The number of ether oxygens (including phenoxy) is 1. The lowest BCUT2D eigenvalue weighted by Gasteiger charge is -2.23. The highest BCUT2D eigenvalue weighted by atomic mass is 127. The molecule has 1 N–H and O–H groups in total. The van der Waals surface area contributed by atoms with Crippen LogP contribution in [0, 0.1) is 5.92 Å². The van der Waals surface area contributed by atoms with Crippen LogP contribution in [-0.4, -0.2) is 74.8 Å². The second kappa shape index (κ2) is 11.5. The molecule has 5 nitrogen and oxygen atoms in total. The number of guanidine groups is 1. The van der Waals surface area contributed by atoms with Crippen LogP contribution in [-0.2, 0) is 4.74 Å². The van der Waals surface area contributed by atoms with E-state index in [0.29, 0.717) is 0 Å². The molecule has 0 aromatic heterocycles. The van der Waals surface area contributed by atoms with Gasteiger partial charge in [-0.2, -0.15) is 0 Å². The average molecular weight is 438 g/mol. The number of rotatable bonds is 11. The molecule has 136 valence electrons. The second-order valence-corrected chi connectivity index (χ2v) is 6.54. The molecule has 0 unspecified atom stereocenters. The van der Waals surface area contributed by atoms with Crippen LogP contribution in [0.1, 0.15) is 39.5 Å². The Morgan fingerprint density at radius 3 is 2.48 bits per heavy atom. The van der Waals surface area contributed by atoms with E-state index in [2.05, 4.69) is 36.0 Å². The van der Waals surface area contributed by atoms with Gasteiger partial charge in [0.05, 0.1) is 13.2 Å². The first-order valence-electron chi connectivity index (χ1n) is 9.05. The molecule has 0 aromatic carbocycles. The summed E-state index contributed by atoms with van der Waals surface area (Å²) in [4.78, 5) is 9.50. The Hall–Kier alpha value is -0.0800. The SMILES string of the molecule is CCNC(=NCCN(CC)C1CC1)N(C)CCOCC1CC1.I. The van der Waals surface area contributed by atoms with Crippen molar-refractivity contribution in [2.45, 2.75) is 45.6 Å². The summed E-state index contributed by atoms with van der Waals surface area (Å²) < 4.78 is 5.72. The average Bonchev–Trinajstić information content (AvgIpc) is 3.39. The largest absolute Gasteiger partial charge is 0.379 e. The van der Waals surface area contributed by atoms with Gasteiger partial charge in [0.2, 0.25) is 0 Å². The van der Waals surface area contributed by atoms with E-state index in [0.717, 1.165) is 63.9 Å². The highest BCUT2D eigenvalue weighted by Crippen LogP contribution is 2.28. The van der Waals surface area contributed by atoms with E-state index in [1.54, 1.807) is 0 Å². The lowest BCUT2D eigenvalue weighted by molar-refractivity contribution is 0.115. The Morgan fingerprint density at radius 1 is 1.17 bits per heavy atom. The molecule has 0 heterocycles. The van der Waals surface area contributed by atoms with Crippen molar-refractivity contribution in [2.24, 2.45) is 10.9 Å². The van der Waals surface area contributed by atoms with E-state index in [-0.39, 0.29) is 24.0 Å². The standard InChI is InChI=1S/C17H34N4O.HI/c1-4-18-17(19-10-11-21(5-2)16-8-9-16)20(3)12-13-22-14-15-6-7-15;/h15-16H,4-14H2,1-3H3,(H,18,19);1H. The topological polar surface area (TPSA) is 40.1 Å². The Bertz CT molecular complexity index is 345. The zero-order chi connectivity index (χ0) is 15.8. The Balaban J connectivity index is 0.00000264. The van der Waals surface area contributed by atoms with Gasteiger partial charge in [-0.05, 0) is 45.1 Å². The molecule has 0 aliphatic heterocycles. The number of likely N-dealkylation sites (N-methyl/N-ethyl adjacent to an activating group) is 2. The van der Waals surface area contributed by atoms with E-state index < -0.39 is 0 Å². The Kier molecular flexibility index (Phi) is 10.5. The molecular formula is C17H35IN4O. The molecule has 0 amide bonds. The maximum Gasteiger partial charge on any atom is 0.193 e. The van der Waals surface area contributed by atoms with E-state index in [9.17, 15) is 0 Å². The fourth-order valence-electron chi connectivity index (χ4n) is 2.63. The number of nitrogens with zero attached hydrogens (tertiary/aromatic N) is 3. The van der Waals surface area contributed by atoms with Crippen molar-refractivity contribution in [2.75, 3.05) is 53.0 Å². The number of hydrogen-bond donors (Lipinski definition) is 1. The third-order valence-corrected chi connectivity index (χ3v) is 4.44. The summed E-state index contributed by atoms with van der Waals surface area (Å²) in [5.41, 5.74) is 0. The molecule has 2 fully saturated rings. The van der Waals surface area contributed by atoms with Crippen LogP contribution >= 0.6 is 24.0 Å². The van der Waals surface area contributed by atoms with Gasteiger partial charge in [0.1, 0.15) is 0 Å². The van der Waals surface area contributed by atoms with Crippen molar-refractivity contribution in [1.29, 1.82) is 0 Å². The molecule has 0 bridgehead atoms. The van der Waals surface area contributed by atoms with Crippen molar-refractivity contribution in [1.82, 2.24) is 15.1 Å². The van der Waals surface area contributed by atoms with Gasteiger partial charge in [0.25, 0.3) is 0 Å². The summed E-state index contributed by atoms with van der Waals surface area (Å²) >= 11 is 0. The van der Waals surface area contributed by atoms with Crippen molar-refractivity contribution in [3.05, 3.63) is 0 Å². The monoisotopic (exact) mass is 438 g/mol.